The van der Waals surface area contributed by atoms with Crippen molar-refractivity contribution < 1.29 is 9.32 Å². The monoisotopic (exact) mass is 480 g/mol. The first-order chi connectivity index (χ1) is 17.2. The van der Waals surface area contributed by atoms with Crippen molar-refractivity contribution in [2.75, 3.05) is 13.1 Å². The molecular formula is C30H28N2O2S. The van der Waals surface area contributed by atoms with Gasteiger partial charge in [-0.2, -0.15) is 0 Å². The number of piperidine rings is 1. The highest BCUT2D eigenvalue weighted by molar-refractivity contribution is 8.14. The summed E-state index contributed by atoms with van der Waals surface area (Å²) in [5.74, 6) is 0.709. The van der Waals surface area contributed by atoms with Gasteiger partial charge in [-0.3, -0.25) is 9.69 Å². The zero-order valence-corrected chi connectivity index (χ0v) is 20.5. The average Bonchev–Trinajstić information content (AvgIpc) is 3.41. The van der Waals surface area contributed by atoms with Crippen LogP contribution >= 0.6 is 11.8 Å². The van der Waals surface area contributed by atoms with Gasteiger partial charge in [0.2, 0.25) is 0 Å². The Morgan fingerprint density at radius 1 is 0.914 bits per heavy atom. The largest absolute Gasteiger partial charge is 0.357 e. The van der Waals surface area contributed by atoms with E-state index in [4.69, 9.17) is 4.52 Å². The molecule has 0 spiro atoms. The fourth-order valence-electron chi connectivity index (χ4n) is 5.19. The molecule has 1 aromatic heterocycles. The molecule has 176 valence electrons. The third-order valence-electron chi connectivity index (χ3n) is 6.59. The van der Waals surface area contributed by atoms with Crippen LogP contribution < -0.4 is 0 Å². The molecular weight excluding hydrogens is 452 g/mol. The number of benzene rings is 3. The minimum absolute atomic E-state index is 0.105. The van der Waals surface area contributed by atoms with Crippen LogP contribution in [-0.4, -0.2) is 33.5 Å². The SMILES string of the molecule is CC(=O)SC1CCN(C(c2ccccc2)(c2ccccc2)c2ccccc2)C/C1=C/c1ccno1. The topological polar surface area (TPSA) is 46.3 Å². The summed E-state index contributed by atoms with van der Waals surface area (Å²) >= 11 is 1.41. The van der Waals surface area contributed by atoms with Crippen molar-refractivity contribution in [2.24, 2.45) is 0 Å². The molecule has 0 bridgehead atoms. The second-order valence-corrected chi connectivity index (χ2v) is 10.1. The number of likely N-dealkylation sites (tertiary alicyclic amines) is 1. The summed E-state index contributed by atoms with van der Waals surface area (Å²) in [6, 6.07) is 34.0. The molecule has 1 aliphatic heterocycles. The molecule has 0 saturated carbocycles. The number of hydrogen-bond donors (Lipinski definition) is 0. The van der Waals surface area contributed by atoms with Crippen molar-refractivity contribution in [2.45, 2.75) is 24.1 Å². The van der Waals surface area contributed by atoms with Gasteiger partial charge in [0.15, 0.2) is 10.9 Å². The molecule has 4 aromatic rings. The number of rotatable bonds is 6. The summed E-state index contributed by atoms with van der Waals surface area (Å²) in [5, 5.41) is 4.11. The normalized spacial score (nSPS) is 18.0. The minimum Gasteiger partial charge on any atom is -0.357 e. The van der Waals surface area contributed by atoms with E-state index in [1.54, 1.807) is 13.1 Å². The van der Waals surface area contributed by atoms with Gasteiger partial charge in [0.25, 0.3) is 0 Å². The van der Waals surface area contributed by atoms with E-state index in [1.165, 1.54) is 34.0 Å². The Kier molecular flexibility index (Phi) is 6.98. The van der Waals surface area contributed by atoms with Crippen molar-refractivity contribution in [1.29, 1.82) is 0 Å². The Balaban J connectivity index is 1.69. The lowest BCUT2D eigenvalue weighted by atomic mass is 9.74. The number of carbonyl (C=O) groups is 1. The van der Waals surface area contributed by atoms with Crippen LogP contribution in [0.5, 0.6) is 0 Å². The number of thioether (sulfide) groups is 1. The first-order valence-corrected chi connectivity index (χ1v) is 12.8. The third kappa shape index (κ3) is 4.75. The number of carbonyl (C=O) groups excluding carboxylic acids is 1. The van der Waals surface area contributed by atoms with Crippen LogP contribution in [0.25, 0.3) is 6.08 Å². The molecule has 1 saturated heterocycles. The lowest BCUT2D eigenvalue weighted by molar-refractivity contribution is -0.109. The zero-order valence-electron chi connectivity index (χ0n) is 19.7. The Labute approximate surface area is 210 Å². The van der Waals surface area contributed by atoms with Gasteiger partial charge in [-0.25, -0.2) is 0 Å². The first kappa shape index (κ1) is 23.3. The van der Waals surface area contributed by atoms with Crippen molar-refractivity contribution in [3.8, 4) is 0 Å². The third-order valence-corrected chi connectivity index (χ3v) is 7.75. The first-order valence-electron chi connectivity index (χ1n) is 11.9. The van der Waals surface area contributed by atoms with E-state index in [2.05, 4.69) is 107 Å². The molecule has 0 radical (unpaired) electrons. The van der Waals surface area contributed by atoms with E-state index in [-0.39, 0.29) is 10.4 Å². The molecule has 0 aliphatic carbocycles. The van der Waals surface area contributed by atoms with Crippen LogP contribution in [0.2, 0.25) is 0 Å². The second kappa shape index (κ2) is 10.5. The van der Waals surface area contributed by atoms with Gasteiger partial charge in [0.05, 0.1) is 11.7 Å². The van der Waals surface area contributed by atoms with Gasteiger partial charge in [-0.1, -0.05) is 108 Å². The molecule has 5 rings (SSSR count). The number of nitrogens with zero attached hydrogens (tertiary/aromatic N) is 2. The quantitative estimate of drug-likeness (QED) is 0.299. The maximum atomic E-state index is 12.1. The summed E-state index contributed by atoms with van der Waals surface area (Å²) in [6.07, 6.45) is 4.58. The Bertz CT molecular complexity index is 1180. The van der Waals surface area contributed by atoms with Crippen molar-refractivity contribution >= 4 is 23.0 Å². The van der Waals surface area contributed by atoms with Crippen LogP contribution in [0.15, 0.2) is 113 Å². The lowest BCUT2D eigenvalue weighted by Gasteiger charge is -2.49. The Hall–Kier alpha value is -3.41. The maximum absolute atomic E-state index is 12.1. The minimum atomic E-state index is -0.490. The Morgan fingerprint density at radius 3 is 1.91 bits per heavy atom. The molecule has 0 amide bonds. The van der Waals surface area contributed by atoms with Crippen LogP contribution in [0.3, 0.4) is 0 Å². The van der Waals surface area contributed by atoms with Gasteiger partial charge in [0.1, 0.15) is 0 Å². The van der Waals surface area contributed by atoms with E-state index >= 15 is 0 Å². The second-order valence-electron chi connectivity index (χ2n) is 8.75. The summed E-state index contributed by atoms with van der Waals surface area (Å²) in [4.78, 5) is 14.6. The molecule has 1 fully saturated rings. The van der Waals surface area contributed by atoms with Crippen LogP contribution in [0.4, 0.5) is 0 Å². The van der Waals surface area contributed by atoms with Gasteiger partial charge >= 0.3 is 0 Å². The van der Waals surface area contributed by atoms with E-state index < -0.39 is 5.54 Å². The van der Waals surface area contributed by atoms with Gasteiger partial charge in [-0.05, 0) is 34.8 Å². The van der Waals surface area contributed by atoms with Crippen molar-refractivity contribution in [3.05, 3.63) is 131 Å². The standard InChI is InChI=1S/C30H28N2O2S/c1-23(33)35-29-18-20-32(22-24(29)21-28-17-19-31-34-28)30(25-11-5-2-6-12-25,26-13-7-3-8-14-26)27-15-9-4-10-16-27/h2-17,19,21,29H,18,20,22H2,1H3/b24-21-. The lowest BCUT2D eigenvalue weighted by Crippen LogP contribution is -2.52. The predicted octanol–water partition coefficient (Wildman–Crippen LogP) is 6.40. The summed E-state index contributed by atoms with van der Waals surface area (Å²) < 4.78 is 5.43. The Morgan fingerprint density at radius 2 is 1.46 bits per heavy atom. The van der Waals surface area contributed by atoms with Gasteiger partial charge in [-0.15, -0.1) is 0 Å². The zero-order chi connectivity index (χ0) is 24.1. The summed E-state index contributed by atoms with van der Waals surface area (Å²) in [5.41, 5.74) is 4.33. The molecule has 1 unspecified atom stereocenters. The maximum Gasteiger partial charge on any atom is 0.186 e. The molecule has 0 N–H and O–H groups in total. The van der Waals surface area contributed by atoms with Gasteiger partial charge in [0, 0.05) is 31.3 Å². The summed E-state index contributed by atoms with van der Waals surface area (Å²) in [6.45, 7) is 3.19. The van der Waals surface area contributed by atoms with E-state index in [0.717, 1.165) is 13.0 Å². The van der Waals surface area contributed by atoms with Crippen molar-refractivity contribution in [3.63, 3.8) is 0 Å². The molecule has 1 atom stereocenters. The molecule has 2 heterocycles. The highest BCUT2D eigenvalue weighted by Crippen LogP contribution is 2.45. The van der Waals surface area contributed by atoms with E-state index in [0.29, 0.717) is 12.3 Å². The van der Waals surface area contributed by atoms with E-state index in [9.17, 15) is 4.79 Å². The average molecular weight is 481 g/mol. The fourth-order valence-corrected chi connectivity index (χ4v) is 6.11. The van der Waals surface area contributed by atoms with Crippen LogP contribution in [0.1, 0.15) is 35.8 Å². The highest BCUT2D eigenvalue weighted by atomic mass is 32.2. The molecule has 4 nitrogen and oxygen atoms in total. The summed E-state index contributed by atoms with van der Waals surface area (Å²) in [7, 11) is 0. The van der Waals surface area contributed by atoms with Gasteiger partial charge < -0.3 is 4.52 Å². The molecule has 5 heteroatoms. The predicted molar refractivity (Wildman–Crippen MR) is 142 cm³/mol. The molecule has 35 heavy (non-hydrogen) atoms. The number of hydrogen-bond acceptors (Lipinski definition) is 5. The smallest absolute Gasteiger partial charge is 0.186 e. The van der Waals surface area contributed by atoms with E-state index in [1.807, 2.05) is 6.07 Å². The van der Waals surface area contributed by atoms with Crippen LogP contribution in [-0.2, 0) is 10.3 Å². The van der Waals surface area contributed by atoms with Crippen LogP contribution in [0, 0.1) is 0 Å². The fraction of sp³-hybridized carbons (Fsp3) is 0.200. The molecule has 3 aromatic carbocycles. The number of aromatic nitrogens is 1. The van der Waals surface area contributed by atoms with Crippen molar-refractivity contribution in [1.82, 2.24) is 10.1 Å². The molecule has 1 aliphatic rings. The highest BCUT2D eigenvalue weighted by Gasteiger charge is 2.44.